The Morgan fingerprint density at radius 2 is 2.11 bits per heavy atom. The number of amides is 1. The van der Waals surface area contributed by atoms with Crippen molar-refractivity contribution >= 4 is 27.5 Å². The normalized spacial score (nSPS) is 23.8. The van der Waals surface area contributed by atoms with Crippen LogP contribution in [0.2, 0.25) is 0 Å². The molecule has 1 aromatic rings. The van der Waals surface area contributed by atoms with Crippen molar-refractivity contribution in [2.75, 3.05) is 11.4 Å². The molecule has 1 aromatic carbocycles. The van der Waals surface area contributed by atoms with E-state index in [1.165, 1.54) is 6.07 Å². The van der Waals surface area contributed by atoms with Gasteiger partial charge < -0.3 is 10.2 Å². The minimum Gasteiger partial charge on any atom is -0.308 e. The summed E-state index contributed by atoms with van der Waals surface area (Å²) in [5.41, 5.74) is 0.385. The molecule has 0 aromatic heterocycles. The molecule has 5 heteroatoms. The monoisotopic (exact) mass is 326 g/mol. The van der Waals surface area contributed by atoms with Crippen molar-refractivity contribution in [3.8, 4) is 0 Å². The molecule has 1 unspecified atom stereocenters. The molecule has 2 aliphatic rings. The average Bonchev–Trinajstić information content (AvgIpc) is 3.17. The number of carbonyl (C=O) groups excluding carboxylic acids is 1. The maximum Gasteiger partial charge on any atom is 0.244 e. The first-order chi connectivity index (χ1) is 9.15. The molecule has 1 N–H and O–H groups in total. The molecule has 0 spiro atoms. The Kier molecular flexibility index (Phi) is 3.58. The zero-order valence-corrected chi connectivity index (χ0v) is 12.1. The molecule has 102 valence electrons. The highest BCUT2D eigenvalue weighted by atomic mass is 79.9. The molecule has 1 amide bonds. The van der Waals surface area contributed by atoms with Crippen LogP contribution in [0.25, 0.3) is 0 Å². The van der Waals surface area contributed by atoms with Crippen molar-refractivity contribution < 1.29 is 9.18 Å². The minimum atomic E-state index is -0.352. The zero-order valence-electron chi connectivity index (χ0n) is 10.5. The second-order valence-corrected chi connectivity index (χ2v) is 6.14. The molecule has 0 radical (unpaired) electrons. The average molecular weight is 327 g/mol. The quantitative estimate of drug-likeness (QED) is 0.926. The predicted molar refractivity (Wildman–Crippen MR) is 75.6 cm³/mol. The van der Waals surface area contributed by atoms with E-state index in [1.54, 1.807) is 17.0 Å². The third-order valence-corrected chi connectivity index (χ3v) is 4.15. The van der Waals surface area contributed by atoms with Gasteiger partial charge in [0.15, 0.2) is 0 Å². The lowest BCUT2D eigenvalue weighted by atomic mass is 10.0. The number of nitrogens with zero attached hydrogens (tertiary/aromatic N) is 1. The van der Waals surface area contributed by atoms with Gasteiger partial charge in [-0.15, -0.1) is 0 Å². The van der Waals surface area contributed by atoms with Crippen LogP contribution in [0.3, 0.4) is 0 Å². The molecule has 1 aliphatic carbocycles. The lowest BCUT2D eigenvalue weighted by Crippen LogP contribution is -2.51. The molecule has 1 atom stereocenters. The number of carbonyl (C=O) groups is 1. The van der Waals surface area contributed by atoms with Gasteiger partial charge >= 0.3 is 0 Å². The number of hydrogen-bond acceptors (Lipinski definition) is 2. The molecule has 3 nitrogen and oxygen atoms in total. The summed E-state index contributed by atoms with van der Waals surface area (Å²) in [6.45, 7) is 0.597. The molecule has 19 heavy (non-hydrogen) atoms. The first-order valence-corrected chi connectivity index (χ1v) is 7.47. The van der Waals surface area contributed by atoms with E-state index in [1.807, 2.05) is 0 Å². The van der Waals surface area contributed by atoms with Crippen LogP contribution in [-0.2, 0) is 4.79 Å². The van der Waals surface area contributed by atoms with E-state index < -0.39 is 0 Å². The molecule has 1 aliphatic heterocycles. The lowest BCUT2D eigenvalue weighted by Gasteiger charge is -2.33. The Labute approximate surface area is 120 Å². The van der Waals surface area contributed by atoms with Crippen LogP contribution in [0.5, 0.6) is 0 Å². The number of benzene rings is 1. The lowest BCUT2D eigenvalue weighted by molar-refractivity contribution is -0.121. The van der Waals surface area contributed by atoms with Gasteiger partial charge in [0, 0.05) is 17.1 Å². The van der Waals surface area contributed by atoms with Gasteiger partial charge in [-0.2, -0.15) is 0 Å². The highest BCUT2D eigenvalue weighted by Gasteiger charge is 2.34. The Morgan fingerprint density at radius 1 is 1.32 bits per heavy atom. The Bertz CT molecular complexity index is 504. The Balaban J connectivity index is 1.80. The number of hydrogen-bond donors (Lipinski definition) is 1. The van der Waals surface area contributed by atoms with Crippen LogP contribution >= 0.6 is 15.9 Å². The molecular formula is C14H16BrFN2O. The van der Waals surface area contributed by atoms with Crippen molar-refractivity contribution in [1.82, 2.24) is 5.32 Å². The maximum absolute atomic E-state index is 14.0. The molecule has 1 saturated heterocycles. The van der Waals surface area contributed by atoms with Crippen LogP contribution in [0.4, 0.5) is 10.1 Å². The van der Waals surface area contributed by atoms with Crippen LogP contribution in [0.15, 0.2) is 22.7 Å². The molecule has 1 heterocycles. The fraction of sp³-hybridized carbons (Fsp3) is 0.500. The molecule has 3 rings (SSSR count). The molecule has 1 saturated carbocycles. The largest absolute Gasteiger partial charge is 0.308 e. The number of rotatable bonds is 3. The SMILES string of the molecule is O=C1C(NC2CC2)CCCN1c1ccc(Br)cc1F. The molecular weight excluding hydrogens is 311 g/mol. The highest BCUT2D eigenvalue weighted by Crippen LogP contribution is 2.28. The summed E-state index contributed by atoms with van der Waals surface area (Å²) < 4.78 is 14.7. The maximum atomic E-state index is 14.0. The zero-order chi connectivity index (χ0) is 13.4. The predicted octanol–water partition coefficient (Wildman–Crippen LogP) is 2.84. The van der Waals surface area contributed by atoms with E-state index in [9.17, 15) is 9.18 Å². The van der Waals surface area contributed by atoms with Gasteiger partial charge in [0.1, 0.15) is 5.82 Å². The van der Waals surface area contributed by atoms with E-state index in [0.717, 1.165) is 25.7 Å². The summed E-state index contributed by atoms with van der Waals surface area (Å²) in [6, 6.07) is 5.18. The molecule has 2 fully saturated rings. The van der Waals surface area contributed by atoms with Crippen LogP contribution in [-0.4, -0.2) is 24.5 Å². The van der Waals surface area contributed by atoms with E-state index in [-0.39, 0.29) is 17.8 Å². The highest BCUT2D eigenvalue weighted by molar-refractivity contribution is 9.10. The standard InChI is InChI=1S/C14H16BrFN2O/c15-9-3-6-13(11(16)8-9)18-7-1-2-12(14(18)19)17-10-4-5-10/h3,6,8,10,12,17H,1-2,4-5,7H2. The third-order valence-electron chi connectivity index (χ3n) is 3.65. The van der Waals surface area contributed by atoms with Gasteiger partial charge in [0.05, 0.1) is 11.7 Å². The van der Waals surface area contributed by atoms with E-state index >= 15 is 0 Å². The fourth-order valence-electron chi connectivity index (χ4n) is 2.50. The third kappa shape index (κ3) is 2.82. The summed E-state index contributed by atoms with van der Waals surface area (Å²) in [7, 11) is 0. The minimum absolute atomic E-state index is 0.000581. The Hall–Kier alpha value is -0.940. The summed E-state index contributed by atoms with van der Waals surface area (Å²) in [5, 5.41) is 3.35. The van der Waals surface area contributed by atoms with E-state index in [0.29, 0.717) is 22.7 Å². The van der Waals surface area contributed by atoms with Crippen LogP contribution < -0.4 is 10.2 Å². The van der Waals surface area contributed by atoms with Crippen molar-refractivity contribution in [1.29, 1.82) is 0 Å². The summed E-state index contributed by atoms with van der Waals surface area (Å²) in [5.74, 6) is -0.353. The second kappa shape index (κ2) is 5.21. The van der Waals surface area contributed by atoms with Crippen molar-refractivity contribution in [3.63, 3.8) is 0 Å². The summed E-state index contributed by atoms with van der Waals surface area (Å²) in [4.78, 5) is 14.0. The summed E-state index contributed by atoms with van der Waals surface area (Å²) >= 11 is 3.23. The van der Waals surface area contributed by atoms with Crippen molar-refractivity contribution in [2.45, 2.75) is 37.8 Å². The van der Waals surface area contributed by atoms with E-state index in [2.05, 4.69) is 21.2 Å². The topological polar surface area (TPSA) is 32.3 Å². The smallest absolute Gasteiger partial charge is 0.244 e. The van der Waals surface area contributed by atoms with Gasteiger partial charge in [0.2, 0.25) is 5.91 Å². The number of anilines is 1. The second-order valence-electron chi connectivity index (χ2n) is 5.22. The first kappa shape index (κ1) is 13.1. The van der Waals surface area contributed by atoms with Crippen LogP contribution in [0.1, 0.15) is 25.7 Å². The fourth-order valence-corrected chi connectivity index (χ4v) is 2.84. The van der Waals surface area contributed by atoms with Gasteiger partial charge in [-0.05, 0) is 43.9 Å². The van der Waals surface area contributed by atoms with E-state index in [4.69, 9.17) is 0 Å². The van der Waals surface area contributed by atoms with Gasteiger partial charge in [-0.3, -0.25) is 4.79 Å². The van der Waals surface area contributed by atoms with Crippen molar-refractivity contribution in [3.05, 3.63) is 28.5 Å². The van der Waals surface area contributed by atoms with Gasteiger partial charge in [-0.25, -0.2) is 4.39 Å². The van der Waals surface area contributed by atoms with Crippen molar-refractivity contribution in [2.24, 2.45) is 0 Å². The first-order valence-electron chi connectivity index (χ1n) is 6.67. The molecule has 0 bridgehead atoms. The Morgan fingerprint density at radius 3 is 2.79 bits per heavy atom. The van der Waals surface area contributed by atoms with Gasteiger partial charge in [-0.1, -0.05) is 15.9 Å². The number of piperidine rings is 1. The van der Waals surface area contributed by atoms with Gasteiger partial charge in [0.25, 0.3) is 0 Å². The van der Waals surface area contributed by atoms with Crippen LogP contribution in [0, 0.1) is 5.82 Å². The number of nitrogens with one attached hydrogen (secondary N) is 1. The number of halogens is 2. The summed E-state index contributed by atoms with van der Waals surface area (Å²) in [6.07, 6.45) is 4.06.